The molecule has 1 fully saturated rings. The third-order valence-corrected chi connectivity index (χ3v) is 5.69. The Morgan fingerprint density at radius 3 is 2.60 bits per heavy atom. The highest BCUT2D eigenvalue weighted by Gasteiger charge is 2.18. The molecule has 1 aliphatic heterocycles. The average molecular weight is 400 g/mol. The molecule has 1 aliphatic rings. The molecule has 0 bridgehead atoms. The molecule has 152 valence electrons. The van der Waals surface area contributed by atoms with Crippen molar-refractivity contribution in [2.45, 2.75) is 13.5 Å². The summed E-state index contributed by atoms with van der Waals surface area (Å²) in [5.41, 5.74) is 4.05. The van der Waals surface area contributed by atoms with E-state index in [-0.39, 0.29) is 5.56 Å². The highest BCUT2D eigenvalue weighted by atomic mass is 16.5. The Kier molecular flexibility index (Phi) is 4.85. The van der Waals surface area contributed by atoms with E-state index in [1.807, 2.05) is 48.1 Å². The molecule has 6 nitrogen and oxygen atoms in total. The van der Waals surface area contributed by atoms with E-state index in [9.17, 15) is 4.79 Å². The van der Waals surface area contributed by atoms with Crippen LogP contribution in [0.3, 0.4) is 0 Å². The SMILES string of the molecule is CCn1c(=O)cc(N2CCOCC2)c2cc(-c3nccn3-c3ccccc3)ccc21. The number of anilines is 1. The minimum absolute atomic E-state index is 0.0324. The molecule has 30 heavy (non-hydrogen) atoms. The van der Waals surface area contributed by atoms with E-state index in [0.717, 1.165) is 46.8 Å². The van der Waals surface area contributed by atoms with Crippen molar-refractivity contribution in [3.63, 3.8) is 0 Å². The first kappa shape index (κ1) is 18.6. The molecule has 0 unspecified atom stereocenters. The lowest BCUT2D eigenvalue weighted by Gasteiger charge is -2.30. The van der Waals surface area contributed by atoms with Crippen LogP contribution in [0.1, 0.15) is 6.92 Å². The normalized spacial score (nSPS) is 14.4. The maximum atomic E-state index is 12.8. The number of pyridine rings is 1. The summed E-state index contributed by atoms with van der Waals surface area (Å²) in [6.07, 6.45) is 3.80. The fraction of sp³-hybridized carbons (Fsp3) is 0.250. The van der Waals surface area contributed by atoms with E-state index < -0.39 is 0 Å². The van der Waals surface area contributed by atoms with Gasteiger partial charge in [-0.15, -0.1) is 0 Å². The van der Waals surface area contributed by atoms with Gasteiger partial charge in [0.15, 0.2) is 0 Å². The number of nitrogens with zero attached hydrogens (tertiary/aromatic N) is 4. The predicted molar refractivity (Wildman–Crippen MR) is 119 cm³/mol. The minimum Gasteiger partial charge on any atom is -0.378 e. The highest BCUT2D eigenvalue weighted by Crippen LogP contribution is 2.31. The highest BCUT2D eigenvalue weighted by molar-refractivity contribution is 5.94. The first-order chi connectivity index (χ1) is 14.8. The molecule has 0 atom stereocenters. The minimum atomic E-state index is 0.0324. The topological polar surface area (TPSA) is 52.3 Å². The van der Waals surface area contributed by atoms with Gasteiger partial charge >= 0.3 is 0 Å². The van der Waals surface area contributed by atoms with Gasteiger partial charge in [0.2, 0.25) is 0 Å². The summed E-state index contributed by atoms with van der Waals surface area (Å²) >= 11 is 0. The number of imidazole rings is 1. The van der Waals surface area contributed by atoms with E-state index >= 15 is 0 Å². The summed E-state index contributed by atoms with van der Waals surface area (Å²) in [6, 6.07) is 18.2. The zero-order valence-corrected chi connectivity index (χ0v) is 17.0. The number of aromatic nitrogens is 3. The quantitative estimate of drug-likeness (QED) is 0.524. The number of benzene rings is 2. The second-order valence-corrected chi connectivity index (χ2v) is 7.40. The standard InChI is InChI=1S/C24H24N4O2/c1-2-27-21-9-8-18(24-25-10-11-28(24)19-6-4-3-5-7-19)16-20(21)22(17-23(27)29)26-12-14-30-15-13-26/h3-11,16-17H,2,12-15H2,1H3. The third-order valence-electron chi connectivity index (χ3n) is 5.69. The lowest BCUT2D eigenvalue weighted by atomic mass is 10.1. The first-order valence-electron chi connectivity index (χ1n) is 10.4. The van der Waals surface area contributed by atoms with Crippen molar-refractivity contribution < 1.29 is 4.74 Å². The Balaban J connectivity index is 1.70. The number of aryl methyl sites for hydroxylation is 1. The van der Waals surface area contributed by atoms with E-state index in [1.54, 1.807) is 6.07 Å². The van der Waals surface area contributed by atoms with Crippen LogP contribution in [0.25, 0.3) is 28.0 Å². The van der Waals surface area contributed by atoms with E-state index in [4.69, 9.17) is 4.74 Å². The van der Waals surface area contributed by atoms with Crippen LogP contribution in [0.5, 0.6) is 0 Å². The number of rotatable bonds is 4. The van der Waals surface area contributed by atoms with Crippen molar-refractivity contribution >= 4 is 16.6 Å². The monoisotopic (exact) mass is 400 g/mol. The zero-order valence-electron chi connectivity index (χ0n) is 17.0. The van der Waals surface area contributed by atoms with Gasteiger partial charge in [0.25, 0.3) is 5.56 Å². The van der Waals surface area contributed by atoms with E-state index in [2.05, 4.69) is 38.7 Å². The van der Waals surface area contributed by atoms with Crippen LogP contribution in [0.4, 0.5) is 5.69 Å². The molecule has 5 rings (SSSR count). The Hall–Kier alpha value is -3.38. The molecule has 6 heteroatoms. The number of ether oxygens (including phenoxy) is 1. The van der Waals surface area contributed by atoms with Gasteiger partial charge in [0.05, 0.1) is 24.4 Å². The van der Waals surface area contributed by atoms with Gasteiger partial charge in [0.1, 0.15) is 5.82 Å². The van der Waals surface area contributed by atoms with Gasteiger partial charge < -0.3 is 14.2 Å². The van der Waals surface area contributed by atoms with Crippen LogP contribution in [-0.2, 0) is 11.3 Å². The number of hydrogen-bond donors (Lipinski definition) is 0. The number of morpholine rings is 1. The Morgan fingerprint density at radius 1 is 1.03 bits per heavy atom. The molecule has 0 saturated carbocycles. The fourth-order valence-corrected chi connectivity index (χ4v) is 4.21. The smallest absolute Gasteiger partial charge is 0.253 e. The molecule has 4 aromatic rings. The van der Waals surface area contributed by atoms with Gasteiger partial charge in [-0.3, -0.25) is 9.36 Å². The fourth-order valence-electron chi connectivity index (χ4n) is 4.21. The van der Waals surface area contributed by atoms with Crippen molar-refractivity contribution in [2.75, 3.05) is 31.2 Å². The largest absolute Gasteiger partial charge is 0.378 e. The van der Waals surface area contributed by atoms with Crippen LogP contribution in [0, 0.1) is 0 Å². The molecular formula is C24H24N4O2. The summed E-state index contributed by atoms with van der Waals surface area (Å²) in [5, 5.41) is 1.07. The van der Waals surface area contributed by atoms with Gasteiger partial charge in [-0.2, -0.15) is 0 Å². The lowest BCUT2D eigenvalue weighted by molar-refractivity contribution is 0.123. The number of fused-ring (bicyclic) bond motifs is 1. The molecule has 1 saturated heterocycles. The van der Waals surface area contributed by atoms with Gasteiger partial charge in [-0.25, -0.2) is 4.98 Å². The van der Waals surface area contributed by atoms with Crippen LogP contribution < -0.4 is 10.5 Å². The number of hydrogen-bond acceptors (Lipinski definition) is 4. The molecule has 0 aliphatic carbocycles. The summed E-state index contributed by atoms with van der Waals surface area (Å²) in [5.74, 6) is 0.880. The van der Waals surface area contributed by atoms with E-state index in [0.29, 0.717) is 19.8 Å². The summed E-state index contributed by atoms with van der Waals surface area (Å²) in [6.45, 7) is 5.57. The van der Waals surface area contributed by atoms with Gasteiger partial charge in [-0.05, 0) is 37.3 Å². The second-order valence-electron chi connectivity index (χ2n) is 7.40. The molecule has 3 heterocycles. The zero-order chi connectivity index (χ0) is 20.5. The lowest BCUT2D eigenvalue weighted by Crippen LogP contribution is -2.37. The van der Waals surface area contributed by atoms with Crippen molar-refractivity contribution in [3.8, 4) is 17.1 Å². The molecule has 0 spiro atoms. The molecule has 0 N–H and O–H groups in total. The molecule has 2 aromatic carbocycles. The van der Waals surface area contributed by atoms with Crippen LogP contribution >= 0.6 is 0 Å². The predicted octanol–water partition coefficient (Wildman–Crippen LogP) is 3.71. The summed E-state index contributed by atoms with van der Waals surface area (Å²) < 4.78 is 9.43. The van der Waals surface area contributed by atoms with Gasteiger partial charge in [0, 0.05) is 54.7 Å². The maximum Gasteiger partial charge on any atom is 0.253 e. The third kappa shape index (κ3) is 3.19. The van der Waals surface area contributed by atoms with Crippen molar-refractivity contribution in [1.82, 2.24) is 14.1 Å². The molecule has 0 amide bonds. The first-order valence-corrected chi connectivity index (χ1v) is 10.4. The van der Waals surface area contributed by atoms with Crippen molar-refractivity contribution in [2.24, 2.45) is 0 Å². The van der Waals surface area contributed by atoms with Crippen LogP contribution in [0.15, 0.2) is 71.8 Å². The molecule has 0 radical (unpaired) electrons. The summed E-state index contributed by atoms with van der Waals surface area (Å²) in [7, 11) is 0. The van der Waals surface area contributed by atoms with Gasteiger partial charge in [-0.1, -0.05) is 18.2 Å². The average Bonchev–Trinajstić information content (AvgIpc) is 3.29. The summed E-state index contributed by atoms with van der Waals surface area (Å²) in [4.78, 5) is 19.7. The Bertz CT molecular complexity index is 1240. The van der Waals surface area contributed by atoms with E-state index in [1.165, 1.54) is 0 Å². The Morgan fingerprint density at radius 2 is 1.83 bits per heavy atom. The van der Waals surface area contributed by atoms with Crippen LogP contribution in [-0.4, -0.2) is 40.4 Å². The maximum absolute atomic E-state index is 12.8. The van der Waals surface area contributed by atoms with Crippen molar-refractivity contribution in [3.05, 3.63) is 77.3 Å². The molecule has 2 aromatic heterocycles. The number of para-hydroxylation sites is 1. The molecular weight excluding hydrogens is 376 g/mol. The Labute approximate surface area is 175 Å². The van der Waals surface area contributed by atoms with Crippen molar-refractivity contribution in [1.29, 1.82) is 0 Å². The van der Waals surface area contributed by atoms with Crippen LogP contribution in [0.2, 0.25) is 0 Å². The second kappa shape index (κ2) is 7.80.